The van der Waals surface area contributed by atoms with Crippen LogP contribution >= 0.6 is 0 Å². The van der Waals surface area contributed by atoms with Crippen LogP contribution in [0.3, 0.4) is 0 Å². The lowest BCUT2D eigenvalue weighted by Crippen LogP contribution is -2.43. The Morgan fingerprint density at radius 3 is 2.29 bits per heavy atom. The summed E-state index contributed by atoms with van der Waals surface area (Å²) in [5, 5.41) is 3.38. The molecule has 1 rings (SSSR count). The summed E-state index contributed by atoms with van der Waals surface area (Å²) < 4.78 is 0. The van der Waals surface area contributed by atoms with E-state index in [4.69, 9.17) is 0 Å². The molecule has 0 atom stereocenters. The molecule has 100 valence electrons. The highest BCUT2D eigenvalue weighted by atomic mass is 16.2. The van der Waals surface area contributed by atoms with E-state index in [9.17, 15) is 4.79 Å². The van der Waals surface area contributed by atoms with Crippen molar-refractivity contribution in [3.8, 4) is 0 Å². The first kappa shape index (κ1) is 14.5. The number of rotatable bonds is 5. The van der Waals surface area contributed by atoms with Crippen LogP contribution in [0.4, 0.5) is 0 Å². The molecule has 0 bridgehead atoms. The van der Waals surface area contributed by atoms with E-state index in [1.165, 1.54) is 12.8 Å². The Labute approximate surface area is 106 Å². The number of nitrogens with zero attached hydrogens (tertiary/aromatic N) is 1. The Hall–Kier alpha value is -0.570. The first-order valence-corrected chi connectivity index (χ1v) is 7.01. The number of carbonyl (C=O) groups is 1. The van der Waals surface area contributed by atoms with E-state index in [1.807, 2.05) is 0 Å². The fourth-order valence-corrected chi connectivity index (χ4v) is 2.41. The molecule has 1 saturated heterocycles. The van der Waals surface area contributed by atoms with Gasteiger partial charge in [0.05, 0.1) is 0 Å². The maximum absolute atomic E-state index is 12.2. The van der Waals surface area contributed by atoms with Crippen LogP contribution < -0.4 is 5.32 Å². The molecule has 1 heterocycles. The number of hydrogen-bond acceptors (Lipinski definition) is 2. The maximum atomic E-state index is 12.2. The van der Waals surface area contributed by atoms with Crippen LogP contribution in [0.1, 0.15) is 47.0 Å². The largest absolute Gasteiger partial charge is 0.340 e. The molecule has 0 aromatic rings. The molecule has 0 aromatic carbocycles. The highest BCUT2D eigenvalue weighted by Gasteiger charge is 2.23. The van der Waals surface area contributed by atoms with Crippen LogP contribution in [0, 0.1) is 11.8 Å². The predicted octanol–water partition coefficient (Wildman–Crippen LogP) is 2.27. The van der Waals surface area contributed by atoms with E-state index in [-0.39, 0.29) is 0 Å². The van der Waals surface area contributed by atoms with Crippen molar-refractivity contribution in [2.45, 2.75) is 53.0 Å². The Bertz CT molecular complexity index is 232. The smallest absolute Gasteiger partial charge is 0.223 e. The Morgan fingerprint density at radius 2 is 1.82 bits per heavy atom. The molecule has 0 saturated carbocycles. The minimum atomic E-state index is 0.327. The van der Waals surface area contributed by atoms with Gasteiger partial charge in [0.1, 0.15) is 0 Å². The van der Waals surface area contributed by atoms with Crippen molar-refractivity contribution in [2.24, 2.45) is 11.8 Å². The SMILES string of the molecule is CC(C)CC(=O)N(CC1CCNCC1)C(C)C. The second-order valence-electron chi connectivity index (χ2n) is 5.93. The van der Waals surface area contributed by atoms with Crippen molar-refractivity contribution >= 4 is 5.91 Å². The molecular weight excluding hydrogens is 212 g/mol. The van der Waals surface area contributed by atoms with Crippen molar-refractivity contribution in [1.82, 2.24) is 10.2 Å². The topological polar surface area (TPSA) is 32.3 Å². The molecular formula is C14H28N2O. The fourth-order valence-electron chi connectivity index (χ4n) is 2.41. The van der Waals surface area contributed by atoms with E-state index < -0.39 is 0 Å². The summed E-state index contributed by atoms with van der Waals surface area (Å²) in [6.45, 7) is 11.6. The van der Waals surface area contributed by atoms with Crippen LogP contribution in [-0.4, -0.2) is 36.5 Å². The van der Waals surface area contributed by atoms with Crippen molar-refractivity contribution in [1.29, 1.82) is 0 Å². The van der Waals surface area contributed by atoms with Crippen LogP contribution in [0.2, 0.25) is 0 Å². The summed E-state index contributed by atoms with van der Waals surface area (Å²) in [6, 6.07) is 0.330. The third-order valence-corrected chi connectivity index (χ3v) is 3.44. The molecule has 3 nitrogen and oxygen atoms in total. The maximum Gasteiger partial charge on any atom is 0.223 e. The standard InChI is InChI=1S/C14H28N2O/c1-11(2)9-14(17)16(12(3)4)10-13-5-7-15-8-6-13/h11-13,15H,5-10H2,1-4H3. The molecule has 0 aliphatic carbocycles. The summed E-state index contributed by atoms with van der Waals surface area (Å²) in [5.74, 6) is 1.47. The van der Waals surface area contributed by atoms with Gasteiger partial charge < -0.3 is 10.2 Å². The van der Waals surface area contributed by atoms with Gasteiger partial charge in [-0.05, 0) is 51.6 Å². The molecule has 17 heavy (non-hydrogen) atoms. The number of piperidine rings is 1. The fraction of sp³-hybridized carbons (Fsp3) is 0.929. The number of amides is 1. The van der Waals surface area contributed by atoms with E-state index in [0.29, 0.717) is 30.2 Å². The van der Waals surface area contributed by atoms with E-state index in [0.717, 1.165) is 19.6 Å². The first-order chi connectivity index (χ1) is 8.00. The van der Waals surface area contributed by atoms with E-state index >= 15 is 0 Å². The number of carbonyl (C=O) groups excluding carboxylic acids is 1. The van der Waals surface area contributed by atoms with Gasteiger partial charge in [0, 0.05) is 19.0 Å². The molecule has 3 heteroatoms. The zero-order chi connectivity index (χ0) is 12.8. The van der Waals surface area contributed by atoms with Gasteiger partial charge >= 0.3 is 0 Å². The highest BCUT2D eigenvalue weighted by molar-refractivity contribution is 5.76. The lowest BCUT2D eigenvalue weighted by Gasteiger charge is -2.33. The van der Waals surface area contributed by atoms with Gasteiger partial charge in [0.2, 0.25) is 5.91 Å². The van der Waals surface area contributed by atoms with Gasteiger partial charge in [-0.1, -0.05) is 13.8 Å². The predicted molar refractivity (Wildman–Crippen MR) is 71.9 cm³/mol. The minimum absolute atomic E-state index is 0.327. The number of nitrogens with one attached hydrogen (secondary N) is 1. The van der Waals surface area contributed by atoms with Gasteiger partial charge in [0.15, 0.2) is 0 Å². The Kier molecular flexibility index (Phi) is 5.96. The third-order valence-electron chi connectivity index (χ3n) is 3.44. The average Bonchev–Trinajstić information content (AvgIpc) is 2.25. The van der Waals surface area contributed by atoms with Crippen molar-refractivity contribution in [2.75, 3.05) is 19.6 Å². The van der Waals surface area contributed by atoms with Gasteiger partial charge in [0.25, 0.3) is 0 Å². The monoisotopic (exact) mass is 240 g/mol. The second kappa shape index (κ2) is 7.00. The molecule has 1 aliphatic heterocycles. The van der Waals surface area contributed by atoms with Crippen LogP contribution in [0.15, 0.2) is 0 Å². The Morgan fingerprint density at radius 1 is 1.24 bits per heavy atom. The summed E-state index contributed by atoms with van der Waals surface area (Å²) in [7, 11) is 0. The highest BCUT2D eigenvalue weighted by Crippen LogP contribution is 2.17. The van der Waals surface area contributed by atoms with Crippen molar-refractivity contribution in [3.05, 3.63) is 0 Å². The van der Waals surface area contributed by atoms with Crippen molar-refractivity contribution in [3.63, 3.8) is 0 Å². The molecule has 1 amide bonds. The lowest BCUT2D eigenvalue weighted by molar-refractivity contribution is -0.134. The molecule has 1 N–H and O–H groups in total. The van der Waals surface area contributed by atoms with Gasteiger partial charge in [-0.3, -0.25) is 4.79 Å². The van der Waals surface area contributed by atoms with E-state index in [2.05, 4.69) is 37.9 Å². The molecule has 0 radical (unpaired) electrons. The summed E-state index contributed by atoms with van der Waals surface area (Å²) in [4.78, 5) is 14.3. The van der Waals surface area contributed by atoms with Gasteiger partial charge in [-0.15, -0.1) is 0 Å². The van der Waals surface area contributed by atoms with Crippen LogP contribution in [0.25, 0.3) is 0 Å². The normalized spacial score (nSPS) is 17.8. The summed E-state index contributed by atoms with van der Waals surface area (Å²) >= 11 is 0. The van der Waals surface area contributed by atoms with Gasteiger partial charge in [-0.25, -0.2) is 0 Å². The van der Waals surface area contributed by atoms with Crippen LogP contribution in [-0.2, 0) is 4.79 Å². The molecule has 0 aromatic heterocycles. The molecule has 1 fully saturated rings. The van der Waals surface area contributed by atoms with Crippen LogP contribution in [0.5, 0.6) is 0 Å². The lowest BCUT2D eigenvalue weighted by atomic mass is 9.96. The first-order valence-electron chi connectivity index (χ1n) is 7.01. The van der Waals surface area contributed by atoms with E-state index in [1.54, 1.807) is 0 Å². The second-order valence-corrected chi connectivity index (χ2v) is 5.93. The quantitative estimate of drug-likeness (QED) is 0.799. The third kappa shape index (κ3) is 5.07. The van der Waals surface area contributed by atoms with Crippen molar-refractivity contribution < 1.29 is 4.79 Å². The molecule has 0 unspecified atom stereocenters. The summed E-state index contributed by atoms with van der Waals surface area (Å²) in [5.41, 5.74) is 0. The number of hydrogen-bond donors (Lipinski definition) is 1. The molecule has 0 spiro atoms. The average molecular weight is 240 g/mol. The Balaban J connectivity index is 2.49. The summed E-state index contributed by atoms with van der Waals surface area (Å²) in [6.07, 6.45) is 3.10. The zero-order valence-corrected chi connectivity index (χ0v) is 11.8. The minimum Gasteiger partial charge on any atom is -0.340 e. The molecule has 1 aliphatic rings. The zero-order valence-electron chi connectivity index (χ0n) is 11.8. The van der Waals surface area contributed by atoms with Gasteiger partial charge in [-0.2, -0.15) is 0 Å².